The Morgan fingerprint density at radius 1 is 1.12 bits per heavy atom. The predicted octanol–water partition coefficient (Wildman–Crippen LogP) is 5.64. The van der Waals surface area contributed by atoms with Crippen molar-refractivity contribution in [3.8, 4) is 5.88 Å². The molecule has 3 heterocycles. The van der Waals surface area contributed by atoms with Gasteiger partial charge in [0.2, 0.25) is 11.8 Å². The molecule has 2 aliphatic heterocycles. The predicted molar refractivity (Wildman–Crippen MR) is 156 cm³/mol. The quantitative estimate of drug-likeness (QED) is 0.475. The minimum absolute atomic E-state index is 0.0356. The summed E-state index contributed by atoms with van der Waals surface area (Å²) in [5.74, 6) is -4.64. The Kier molecular flexibility index (Phi) is 8.39. The number of hydrogen-bond acceptors (Lipinski definition) is 7. The minimum Gasteiger partial charge on any atom is -0.471 e. The number of benzene rings is 1. The molecule has 1 aliphatic carbocycles. The van der Waals surface area contributed by atoms with Gasteiger partial charge in [-0.05, 0) is 49.7 Å². The lowest BCUT2D eigenvalue weighted by Crippen LogP contribution is -2.57. The molecule has 1 saturated heterocycles. The summed E-state index contributed by atoms with van der Waals surface area (Å²) >= 11 is 0. The molecule has 1 saturated carbocycles. The molecule has 5 rings (SSSR count). The number of hydrogen-bond donors (Lipinski definition) is 1. The number of ketones is 1. The fourth-order valence-corrected chi connectivity index (χ4v) is 6.75. The maximum atomic E-state index is 15.9. The van der Waals surface area contributed by atoms with E-state index in [9.17, 15) is 14.4 Å². The van der Waals surface area contributed by atoms with Crippen molar-refractivity contribution >= 4 is 28.8 Å². The van der Waals surface area contributed by atoms with Gasteiger partial charge in [-0.1, -0.05) is 53.2 Å². The Balaban J connectivity index is 1.58. The van der Waals surface area contributed by atoms with Crippen molar-refractivity contribution in [1.82, 2.24) is 20.2 Å². The van der Waals surface area contributed by atoms with E-state index in [1.165, 1.54) is 11.8 Å². The summed E-state index contributed by atoms with van der Waals surface area (Å²) in [4.78, 5) is 50.4. The van der Waals surface area contributed by atoms with Crippen LogP contribution in [-0.4, -0.2) is 63.5 Å². The summed E-state index contributed by atoms with van der Waals surface area (Å²) in [5, 5.41) is 2.78. The zero-order chi connectivity index (χ0) is 31.3. The van der Waals surface area contributed by atoms with E-state index in [0.29, 0.717) is 30.3 Å². The molecule has 43 heavy (non-hydrogen) atoms. The number of aromatic nitrogens is 2. The zero-order valence-electron chi connectivity index (χ0n) is 25.7. The molecule has 2 unspecified atom stereocenters. The van der Waals surface area contributed by atoms with Gasteiger partial charge in [0.25, 0.3) is 5.92 Å². The normalized spacial score (nSPS) is 31.5. The molecule has 0 radical (unpaired) electrons. The Morgan fingerprint density at radius 2 is 1.79 bits per heavy atom. The van der Waals surface area contributed by atoms with Gasteiger partial charge in [0.15, 0.2) is 11.5 Å². The maximum Gasteiger partial charge on any atom is 0.408 e. The lowest BCUT2D eigenvalue weighted by atomic mass is 9.85. The van der Waals surface area contributed by atoms with Crippen LogP contribution in [0.1, 0.15) is 79.3 Å². The highest BCUT2D eigenvalue weighted by molar-refractivity contribution is 5.92. The van der Waals surface area contributed by atoms with E-state index in [1.54, 1.807) is 24.3 Å². The number of amides is 2. The van der Waals surface area contributed by atoms with E-state index in [4.69, 9.17) is 9.47 Å². The molecule has 7 atom stereocenters. The molecule has 3 aliphatic rings. The van der Waals surface area contributed by atoms with Crippen LogP contribution >= 0.6 is 0 Å². The van der Waals surface area contributed by atoms with E-state index in [1.807, 2.05) is 34.6 Å². The smallest absolute Gasteiger partial charge is 0.408 e. The zero-order valence-corrected chi connectivity index (χ0v) is 25.7. The number of halogens is 2. The average molecular weight is 601 g/mol. The van der Waals surface area contributed by atoms with Crippen LogP contribution in [0.3, 0.4) is 0 Å². The Bertz CT molecular complexity index is 1400. The van der Waals surface area contributed by atoms with Crippen LogP contribution < -0.4 is 10.1 Å². The highest BCUT2D eigenvalue weighted by atomic mass is 19.3. The number of carbonyl (C=O) groups excluding carboxylic acids is 3. The van der Waals surface area contributed by atoms with Crippen LogP contribution in [0, 0.1) is 23.2 Å². The molecule has 2 bridgehead atoms. The van der Waals surface area contributed by atoms with Gasteiger partial charge < -0.3 is 19.7 Å². The van der Waals surface area contributed by atoms with Crippen LogP contribution in [0.5, 0.6) is 5.88 Å². The topological polar surface area (TPSA) is 111 Å². The second kappa shape index (κ2) is 11.6. The standard InChI is InChI=1S/C32H42F2N4O5/c1-7-19-23-16-38(24(19)18(3)39)29(40)27(31(4,5)6)37-30(41)43-25-17(2)20(25)12-10-11-15-32(33,34)26-28(42-23)36-22-14-9-8-13-21(22)35-26/h8-9,13-14,17,19-20,23-25,27H,7,10-12,15-16H2,1-6H3,(H,37,41)/t17?,19-,20+,23+,24-,25?,27-/m1/s1. The lowest BCUT2D eigenvalue weighted by molar-refractivity contribution is -0.141. The summed E-state index contributed by atoms with van der Waals surface area (Å²) in [6, 6.07) is 4.92. The molecule has 2 amide bonds. The van der Waals surface area contributed by atoms with Crippen molar-refractivity contribution in [3.05, 3.63) is 30.0 Å². The molecule has 0 spiro atoms. The largest absolute Gasteiger partial charge is 0.471 e. The number of Topliss-reactive ketones (excluding diaryl/α,β-unsaturated/α-hetero) is 1. The van der Waals surface area contributed by atoms with E-state index >= 15 is 8.78 Å². The molecule has 1 aromatic heterocycles. The van der Waals surface area contributed by atoms with Crippen LogP contribution in [0.4, 0.5) is 13.6 Å². The summed E-state index contributed by atoms with van der Waals surface area (Å²) in [6.45, 7) is 10.7. The highest BCUT2D eigenvalue weighted by Crippen LogP contribution is 2.46. The van der Waals surface area contributed by atoms with Crippen LogP contribution in [0.2, 0.25) is 0 Å². The second-order valence-electron chi connectivity index (χ2n) is 13.4. The minimum atomic E-state index is -3.32. The number of ether oxygens (including phenoxy) is 2. The molecule has 2 fully saturated rings. The van der Waals surface area contributed by atoms with Gasteiger partial charge >= 0.3 is 6.09 Å². The number of alkyl halides is 2. The van der Waals surface area contributed by atoms with Crippen molar-refractivity contribution in [2.75, 3.05) is 6.54 Å². The average Bonchev–Trinajstić information content (AvgIpc) is 3.36. The molecule has 11 heteroatoms. The molecule has 1 N–H and O–H groups in total. The van der Waals surface area contributed by atoms with Gasteiger partial charge in [-0.25, -0.2) is 14.8 Å². The fraction of sp³-hybridized carbons (Fsp3) is 0.656. The molecule has 9 nitrogen and oxygen atoms in total. The number of nitrogens with zero attached hydrogens (tertiary/aromatic N) is 3. The summed E-state index contributed by atoms with van der Waals surface area (Å²) in [6.07, 6.45) is -0.430. The SMILES string of the molecule is CC[C@@H]1[C@@H]2CN(C(=O)[C@H](C(C)(C)C)NC(=O)OC3C(C)[C@@H]3CCCCC(F)(F)c3nc4ccccc4nc3O2)[C@@H]1C(C)=O. The van der Waals surface area contributed by atoms with Crippen molar-refractivity contribution in [2.45, 2.75) is 104 Å². The van der Waals surface area contributed by atoms with Gasteiger partial charge in [0, 0.05) is 18.3 Å². The third kappa shape index (κ3) is 6.17. The van der Waals surface area contributed by atoms with E-state index in [-0.39, 0.29) is 42.6 Å². The van der Waals surface area contributed by atoms with Crippen LogP contribution in [0.15, 0.2) is 24.3 Å². The van der Waals surface area contributed by atoms with Gasteiger partial charge in [0.05, 0.1) is 23.6 Å². The van der Waals surface area contributed by atoms with Gasteiger partial charge in [-0.15, -0.1) is 0 Å². The van der Waals surface area contributed by atoms with Gasteiger partial charge in [-0.3, -0.25) is 9.59 Å². The van der Waals surface area contributed by atoms with Crippen molar-refractivity contribution < 1.29 is 32.6 Å². The first-order valence-corrected chi connectivity index (χ1v) is 15.3. The first-order valence-electron chi connectivity index (χ1n) is 15.3. The summed E-state index contributed by atoms with van der Waals surface area (Å²) in [7, 11) is 0. The van der Waals surface area contributed by atoms with E-state index in [0.717, 1.165) is 0 Å². The summed E-state index contributed by atoms with van der Waals surface area (Å²) in [5.41, 5.74) is -0.510. The van der Waals surface area contributed by atoms with Crippen LogP contribution in [0.25, 0.3) is 11.0 Å². The third-order valence-electron chi connectivity index (χ3n) is 9.29. The van der Waals surface area contributed by atoms with Crippen molar-refractivity contribution in [3.63, 3.8) is 0 Å². The number of carbonyl (C=O) groups is 3. The third-order valence-corrected chi connectivity index (χ3v) is 9.29. The second-order valence-corrected chi connectivity index (χ2v) is 13.4. The maximum absolute atomic E-state index is 15.9. The number of nitrogens with one attached hydrogen (secondary N) is 1. The van der Waals surface area contributed by atoms with Crippen molar-refractivity contribution in [1.29, 1.82) is 0 Å². The first-order chi connectivity index (χ1) is 20.2. The molecular weight excluding hydrogens is 558 g/mol. The molecule has 2 aromatic rings. The van der Waals surface area contributed by atoms with E-state index < -0.39 is 59.6 Å². The monoisotopic (exact) mass is 600 g/mol. The molecular formula is C32H42F2N4O5. The van der Waals surface area contributed by atoms with Gasteiger partial charge in [-0.2, -0.15) is 8.78 Å². The number of para-hydroxylation sites is 2. The summed E-state index contributed by atoms with van der Waals surface area (Å²) < 4.78 is 43.7. The number of alkyl carbamates (subject to hydrolysis) is 1. The number of rotatable bonds is 2. The first kappa shape index (κ1) is 31.1. The Labute approximate surface area is 251 Å². The highest BCUT2D eigenvalue weighted by Gasteiger charge is 2.52. The number of fused-ring (bicyclic) bond motifs is 5. The van der Waals surface area contributed by atoms with Crippen LogP contribution in [-0.2, 0) is 20.2 Å². The van der Waals surface area contributed by atoms with Crippen molar-refractivity contribution in [2.24, 2.45) is 23.2 Å². The van der Waals surface area contributed by atoms with Gasteiger partial charge in [0.1, 0.15) is 18.2 Å². The Morgan fingerprint density at radius 3 is 2.42 bits per heavy atom. The fourth-order valence-electron chi connectivity index (χ4n) is 6.75. The molecule has 234 valence electrons. The van der Waals surface area contributed by atoms with E-state index in [2.05, 4.69) is 15.3 Å². The Hall–Kier alpha value is -3.37. The molecule has 1 aromatic carbocycles. The lowest BCUT2D eigenvalue weighted by Gasteiger charge is -2.35.